The first kappa shape index (κ1) is 16.8. The van der Waals surface area contributed by atoms with E-state index in [-0.39, 0.29) is 12.3 Å². The van der Waals surface area contributed by atoms with Gasteiger partial charge in [0.1, 0.15) is 6.04 Å². The molecule has 1 aromatic rings. The Balaban J connectivity index is 2.02. The van der Waals surface area contributed by atoms with E-state index in [0.29, 0.717) is 10.7 Å². The zero-order valence-electron chi connectivity index (χ0n) is 12.7. The third-order valence-corrected chi connectivity index (χ3v) is 4.61. The van der Waals surface area contributed by atoms with E-state index in [1.54, 1.807) is 18.2 Å². The second-order valence-electron chi connectivity index (χ2n) is 5.76. The maximum absolute atomic E-state index is 12.2. The SMILES string of the molecule is Cc1c(Cl)cccc1NC(=O)C[C@@H](C(=O)[O-])[NH+]1CCCCC1. The molecule has 0 spiro atoms. The minimum absolute atomic E-state index is 0.0797. The normalized spacial score (nSPS) is 17.0. The Morgan fingerprint density at radius 1 is 1.32 bits per heavy atom. The highest BCUT2D eigenvalue weighted by Gasteiger charge is 2.28. The number of rotatable bonds is 5. The second kappa shape index (κ2) is 7.61. The highest BCUT2D eigenvalue weighted by Crippen LogP contribution is 2.23. The van der Waals surface area contributed by atoms with E-state index < -0.39 is 12.0 Å². The highest BCUT2D eigenvalue weighted by molar-refractivity contribution is 6.31. The quantitative estimate of drug-likeness (QED) is 0.810. The number of aliphatic carboxylic acids is 1. The largest absolute Gasteiger partial charge is 0.544 e. The summed E-state index contributed by atoms with van der Waals surface area (Å²) in [6.45, 7) is 3.37. The minimum atomic E-state index is -1.16. The highest BCUT2D eigenvalue weighted by atomic mass is 35.5. The fraction of sp³-hybridized carbons (Fsp3) is 0.500. The molecule has 2 N–H and O–H groups in total. The first-order valence-corrected chi connectivity index (χ1v) is 7.97. The van der Waals surface area contributed by atoms with Crippen LogP contribution < -0.4 is 15.3 Å². The van der Waals surface area contributed by atoms with Crippen molar-refractivity contribution in [2.45, 2.75) is 38.6 Å². The lowest BCUT2D eigenvalue weighted by Gasteiger charge is -2.31. The molecule has 0 aromatic heterocycles. The monoisotopic (exact) mass is 324 g/mol. The molecule has 1 saturated heterocycles. The number of quaternary nitrogens is 1. The van der Waals surface area contributed by atoms with Crippen molar-refractivity contribution in [1.82, 2.24) is 0 Å². The number of benzene rings is 1. The maximum Gasteiger partial charge on any atom is 0.230 e. The molecule has 0 radical (unpaired) electrons. The van der Waals surface area contributed by atoms with Gasteiger partial charge in [-0.3, -0.25) is 4.79 Å². The van der Waals surface area contributed by atoms with Gasteiger partial charge < -0.3 is 20.1 Å². The summed E-state index contributed by atoms with van der Waals surface area (Å²) in [7, 11) is 0. The van der Waals surface area contributed by atoms with Crippen LogP contribution in [0.25, 0.3) is 0 Å². The van der Waals surface area contributed by atoms with Crippen LogP contribution in [0.4, 0.5) is 5.69 Å². The predicted octanol–water partition coefficient (Wildman–Crippen LogP) is 0.164. The summed E-state index contributed by atoms with van der Waals surface area (Å²) >= 11 is 6.02. The number of hydrogen-bond acceptors (Lipinski definition) is 3. The average Bonchev–Trinajstić information content (AvgIpc) is 2.50. The van der Waals surface area contributed by atoms with E-state index in [1.165, 1.54) is 0 Å². The minimum Gasteiger partial charge on any atom is -0.544 e. The van der Waals surface area contributed by atoms with Gasteiger partial charge in [-0.05, 0) is 43.9 Å². The number of carboxylic acids is 1. The zero-order valence-corrected chi connectivity index (χ0v) is 13.4. The molecule has 22 heavy (non-hydrogen) atoms. The van der Waals surface area contributed by atoms with Crippen LogP contribution in [-0.4, -0.2) is 31.0 Å². The number of nitrogens with one attached hydrogen (secondary N) is 2. The molecule has 1 amide bonds. The Bertz CT molecular complexity index is 556. The molecule has 1 atom stereocenters. The van der Waals surface area contributed by atoms with Crippen LogP contribution in [0, 0.1) is 6.92 Å². The average molecular weight is 325 g/mol. The summed E-state index contributed by atoms with van der Waals surface area (Å²) in [6, 6.07) is 4.45. The van der Waals surface area contributed by atoms with Gasteiger partial charge in [0, 0.05) is 10.7 Å². The van der Waals surface area contributed by atoms with Crippen molar-refractivity contribution in [3.05, 3.63) is 28.8 Å². The van der Waals surface area contributed by atoms with Crippen molar-refractivity contribution in [2.24, 2.45) is 0 Å². The van der Waals surface area contributed by atoms with Crippen molar-refractivity contribution in [3.63, 3.8) is 0 Å². The number of halogens is 1. The molecule has 5 nitrogen and oxygen atoms in total. The Labute approximate surface area is 135 Å². The van der Waals surface area contributed by atoms with E-state index in [2.05, 4.69) is 5.32 Å². The maximum atomic E-state index is 12.2. The lowest BCUT2D eigenvalue weighted by atomic mass is 10.1. The Morgan fingerprint density at radius 3 is 2.64 bits per heavy atom. The number of carbonyl (C=O) groups is 2. The van der Waals surface area contributed by atoms with Crippen LogP contribution in [0.15, 0.2) is 18.2 Å². The van der Waals surface area contributed by atoms with E-state index >= 15 is 0 Å². The summed E-state index contributed by atoms with van der Waals surface area (Å²) < 4.78 is 0. The fourth-order valence-electron chi connectivity index (χ4n) is 2.88. The topological polar surface area (TPSA) is 73.7 Å². The second-order valence-corrected chi connectivity index (χ2v) is 6.16. The molecular formula is C16H21ClN2O3. The summed E-state index contributed by atoms with van der Waals surface area (Å²) in [4.78, 5) is 24.5. The van der Waals surface area contributed by atoms with Crippen molar-refractivity contribution < 1.29 is 19.6 Å². The molecule has 1 fully saturated rings. The molecular weight excluding hydrogens is 304 g/mol. The van der Waals surface area contributed by atoms with Gasteiger partial charge in [-0.25, -0.2) is 0 Å². The van der Waals surface area contributed by atoms with Crippen molar-refractivity contribution in [2.75, 3.05) is 18.4 Å². The number of anilines is 1. The van der Waals surface area contributed by atoms with Crippen LogP contribution in [-0.2, 0) is 9.59 Å². The number of amides is 1. The number of piperidine rings is 1. The Kier molecular flexibility index (Phi) is 5.80. The van der Waals surface area contributed by atoms with Crippen LogP contribution >= 0.6 is 11.6 Å². The van der Waals surface area contributed by atoms with Gasteiger partial charge in [0.05, 0.1) is 25.5 Å². The first-order valence-electron chi connectivity index (χ1n) is 7.59. The molecule has 1 aliphatic heterocycles. The van der Waals surface area contributed by atoms with Gasteiger partial charge in [0.2, 0.25) is 5.91 Å². The Morgan fingerprint density at radius 2 is 2.00 bits per heavy atom. The van der Waals surface area contributed by atoms with Gasteiger partial charge >= 0.3 is 0 Å². The molecule has 2 rings (SSSR count). The van der Waals surface area contributed by atoms with Crippen LogP contribution in [0.2, 0.25) is 5.02 Å². The third kappa shape index (κ3) is 4.21. The van der Waals surface area contributed by atoms with Gasteiger partial charge in [0.15, 0.2) is 0 Å². The molecule has 1 aromatic carbocycles. The molecule has 0 unspecified atom stereocenters. The number of carboxylic acid groups (broad SMARTS) is 1. The van der Waals surface area contributed by atoms with Gasteiger partial charge in [-0.15, -0.1) is 0 Å². The number of hydrogen-bond donors (Lipinski definition) is 2. The molecule has 120 valence electrons. The number of likely N-dealkylation sites (tertiary alicyclic amines) is 1. The van der Waals surface area contributed by atoms with Crippen LogP contribution in [0.5, 0.6) is 0 Å². The fourth-order valence-corrected chi connectivity index (χ4v) is 3.05. The molecule has 0 saturated carbocycles. The molecule has 0 bridgehead atoms. The van der Waals surface area contributed by atoms with E-state index in [9.17, 15) is 14.7 Å². The first-order chi connectivity index (χ1) is 10.5. The van der Waals surface area contributed by atoms with Gasteiger partial charge in [0.25, 0.3) is 0 Å². The van der Waals surface area contributed by atoms with Crippen LogP contribution in [0.1, 0.15) is 31.2 Å². The molecule has 1 heterocycles. The standard InChI is InChI=1S/C16H21ClN2O3/c1-11-12(17)6-5-7-13(11)18-15(20)10-14(16(21)22)19-8-3-2-4-9-19/h5-7,14H,2-4,8-10H2,1H3,(H,18,20)(H,21,22)/t14-/m0/s1. The molecule has 6 heteroatoms. The van der Waals surface area contributed by atoms with Crippen molar-refractivity contribution >= 4 is 29.2 Å². The van der Waals surface area contributed by atoms with E-state index in [4.69, 9.17) is 11.6 Å². The third-order valence-electron chi connectivity index (χ3n) is 4.20. The summed E-state index contributed by atoms with van der Waals surface area (Å²) in [5.41, 5.74) is 1.39. The number of carbonyl (C=O) groups excluding carboxylic acids is 2. The van der Waals surface area contributed by atoms with Crippen molar-refractivity contribution in [1.29, 1.82) is 0 Å². The summed E-state index contributed by atoms with van der Waals surface area (Å²) in [5.74, 6) is -1.48. The summed E-state index contributed by atoms with van der Waals surface area (Å²) in [6.07, 6.45) is 3.03. The predicted molar refractivity (Wildman–Crippen MR) is 82.8 cm³/mol. The van der Waals surface area contributed by atoms with Gasteiger partial charge in [-0.1, -0.05) is 17.7 Å². The zero-order chi connectivity index (χ0) is 16.1. The lowest BCUT2D eigenvalue weighted by Crippen LogP contribution is -3.18. The van der Waals surface area contributed by atoms with Crippen molar-refractivity contribution in [3.8, 4) is 0 Å². The smallest absolute Gasteiger partial charge is 0.230 e. The Hall–Kier alpha value is -1.59. The molecule has 0 aliphatic carbocycles. The van der Waals surface area contributed by atoms with Gasteiger partial charge in [-0.2, -0.15) is 0 Å². The lowest BCUT2D eigenvalue weighted by molar-refractivity contribution is -0.922. The van der Waals surface area contributed by atoms with E-state index in [0.717, 1.165) is 42.8 Å². The van der Waals surface area contributed by atoms with E-state index in [1.807, 2.05) is 6.92 Å². The summed E-state index contributed by atoms with van der Waals surface area (Å²) in [5, 5.41) is 14.7. The van der Waals surface area contributed by atoms with Crippen LogP contribution in [0.3, 0.4) is 0 Å². The molecule has 1 aliphatic rings.